The fraction of sp³-hybridized carbons (Fsp3) is 0.533. The summed E-state index contributed by atoms with van der Waals surface area (Å²) in [5, 5.41) is 2.87. The average Bonchev–Trinajstić information content (AvgIpc) is 2.87. The number of hydrogen-bond donors (Lipinski definition) is 1. The highest BCUT2D eigenvalue weighted by Gasteiger charge is 2.39. The van der Waals surface area contributed by atoms with E-state index in [1.807, 2.05) is 39.0 Å². The molecule has 1 saturated heterocycles. The highest BCUT2D eigenvalue weighted by atomic mass is 32.2. The number of sulfonamides is 1. The van der Waals surface area contributed by atoms with Crippen molar-refractivity contribution >= 4 is 27.7 Å². The first kappa shape index (κ1) is 17.3. The average molecular weight is 342 g/mol. The third-order valence-electron chi connectivity index (χ3n) is 3.19. The summed E-state index contributed by atoms with van der Waals surface area (Å²) in [5.74, 6) is 0.523. The first-order chi connectivity index (χ1) is 10.2. The van der Waals surface area contributed by atoms with Gasteiger partial charge in [-0.1, -0.05) is 30.3 Å². The Balaban J connectivity index is 2.14. The third-order valence-corrected chi connectivity index (χ3v) is 6.16. The quantitative estimate of drug-likeness (QED) is 0.906. The topological polar surface area (TPSA) is 66.5 Å². The lowest BCUT2D eigenvalue weighted by atomic mass is 10.1. The maximum absolute atomic E-state index is 12.6. The molecule has 0 spiro atoms. The lowest BCUT2D eigenvalue weighted by Gasteiger charge is -2.27. The molecule has 0 radical (unpaired) electrons. The summed E-state index contributed by atoms with van der Waals surface area (Å²) < 4.78 is 26.6. The molecule has 0 aliphatic carbocycles. The van der Waals surface area contributed by atoms with Gasteiger partial charge in [0.25, 0.3) is 0 Å². The summed E-state index contributed by atoms with van der Waals surface area (Å²) >= 11 is 1.47. The van der Waals surface area contributed by atoms with E-state index in [1.165, 1.54) is 16.1 Å². The predicted octanol–water partition coefficient (Wildman–Crippen LogP) is 1.81. The highest BCUT2D eigenvalue weighted by molar-refractivity contribution is 8.00. The van der Waals surface area contributed by atoms with E-state index in [0.29, 0.717) is 11.6 Å². The summed E-state index contributed by atoms with van der Waals surface area (Å²) in [4.78, 5) is 12.3. The second kappa shape index (κ2) is 6.60. The summed E-state index contributed by atoms with van der Waals surface area (Å²) in [7, 11) is -3.51. The molecule has 5 nitrogen and oxygen atoms in total. The van der Waals surface area contributed by atoms with Gasteiger partial charge in [0.2, 0.25) is 15.9 Å². The molecule has 122 valence electrons. The number of nitrogens with one attached hydrogen (secondary N) is 1. The molecule has 22 heavy (non-hydrogen) atoms. The molecule has 7 heteroatoms. The lowest BCUT2D eigenvalue weighted by molar-refractivity contribution is -0.125. The first-order valence-electron chi connectivity index (χ1n) is 7.12. The van der Waals surface area contributed by atoms with Crippen molar-refractivity contribution in [2.75, 3.05) is 11.6 Å². The molecule has 0 bridgehead atoms. The molecule has 1 heterocycles. The van der Waals surface area contributed by atoms with Gasteiger partial charge in [0, 0.05) is 11.3 Å². The van der Waals surface area contributed by atoms with Gasteiger partial charge in [0.1, 0.15) is 6.04 Å². The Morgan fingerprint density at radius 1 is 1.32 bits per heavy atom. The summed E-state index contributed by atoms with van der Waals surface area (Å²) in [6.45, 7) is 5.65. The molecular formula is C15H22N2O3S2. The second-order valence-corrected chi connectivity index (χ2v) is 9.31. The number of benzene rings is 1. The molecule has 1 aliphatic rings. The van der Waals surface area contributed by atoms with Crippen LogP contribution in [0.2, 0.25) is 0 Å². The number of carbonyl (C=O) groups excluding carboxylic acids is 1. The van der Waals surface area contributed by atoms with E-state index in [4.69, 9.17) is 0 Å². The van der Waals surface area contributed by atoms with Crippen LogP contribution < -0.4 is 5.32 Å². The van der Waals surface area contributed by atoms with Crippen molar-refractivity contribution in [3.05, 3.63) is 35.9 Å². The summed E-state index contributed by atoms with van der Waals surface area (Å²) in [5.41, 5.74) is 0.355. The van der Waals surface area contributed by atoms with Gasteiger partial charge in [-0.3, -0.25) is 4.79 Å². The van der Waals surface area contributed by atoms with Crippen molar-refractivity contribution in [2.45, 2.75) is 38.1 Å². The number of hydrogen-bond acceptors (Lipinski definition) is 4. The second-order valence-electron chi connectivity index (χ2n) is 6.38. The predicted molar refractivity (Wildman–Crippen MR) is 89.9 cm³/mol. The fourth-order valence-corrected chi connectivity index (χ4v) is 5.55. The van der Waals surface area contributed by atoms with Crippen LogP contribution in [0.1, 0.15) is 26.3 Å². The van der Waals surface area contributed by atoms with E-state index in [2.05, 4.69) is 5.32 Å². The number of nitrogens with zero attached hydrogens (tertiary/aromatic N) is 1. The van der Waals surface area contributed by atoms with Crippen LogP contribution in [0.3, 0.4) is 0 Å². The van der Waals surface area contributed by atoms with Crippen LogP contribution in [0, 0.1) is 0 Å². The van der Waals surface area contributed by atoms with Crippen molar-refractivity contribution in [1.82, 2.24) is 9.62 Å². The van der Waals surface area contributed by atoms with Gasteiger partial charge in [-0.05, 0) is 26.3 Å². The Morgan fingerprint density at radius 3 is 2.55 bits per heavy atom. The molecule has 0 unspecified atom stereocenters. The van der Waals surface area contributed by atoms with Crippen LogP contribution in [0.4, 0.5) is 0 Å². The zero-order valence-electron chi connectivity index (χ0n) is 13.1. The van der Waals surface area contributed by atoms with Gasteiger partial charge >= 0.3 is 0 Å². The van der Waals surface area contributed by atoms with Crippen molar-refractivity contribution in [3.63, 3.8) is 0 Å². The minimum Gasteiger partial charge on any atom is -0.350 e. The van der Waals surface area contributed by atoms with Gasteiger partial charge in [0.15, 0.2) is 0 Å². The molecule has 1 aromatic rings. The molecular weight excluding hydrogens is 320 g/mol. The molecule has 1 amide bonds. The van der Waals surface area contributed by atoms with Gasteiger partial charge in [0.05, 0.1) is 11.6 Å². The molecule has 1 aromatic carbocycles. The number of amides is 1. The number of carbonyl (C=O) groups is 1. The van der Waals surface area contributed by atoms with E-state index in [0.717, 1.165) is 5.56 Å². The monoisotopic (exact) mass is 342 g/mol. The van der Waals surface area contributed by atoms with Crippen LogP contribution in [0.5, 0.6) is 0 Å². The van der Waals surface area contributed by atoms with Gasteiger partial charge in [-0.2, -0.15) is 4.31 Å². The Kier molecular flexibility index (Phi) is 5.19. The molecule has 2 rings (SSSR count). The van der Waals surface area contributed by atoms with E-state index in [1.54, 1.807) is 12.1 Å². The maximum atomic E-state index is 12.6. The summed E-state index contributed by atoms with van der Waals surface area (Å²) in [6.07, 6.45) is 0. The SMILES string of the molecule is CC(C)(C)NC(=O)[C@H]1CSCN1S(=O)(=O)Cc1ccccc1. The van der Waals surface area contributed by atoms with E-state index in [-0.39, 0.29) is 17.2 Å². The standard InChI is InChI=1S/C15H22N2O3S2/c1-15(2,3)16-14(18)13-9-21-11-17(13)22(19,20)10-12-7-5-4-6-8-12/h4-8,13H,9-11H2,1-3H3,(H,16,18)/t13-/m1/s1. The lowest BCUT2D eigenvalue weighted by Crippen LogP contribution is -2.52. The van der Waals surface area contributed by atoms with Gasteiger partial charge in [-0.15, -0.1) is 11.8 Å². The largest absolute Gasteiger partial charge is 0.350 e. The van der Waals surface area contributed by atoms with Crippen molar-refractivity contribution < 1.29 is 13.2 Å². The van der Waals surface area contributed by atoms with Crippen molar-refractivity contribution in [1.29, 1.82) is 0 Å². The summed E-state index contributed by atoms with van der Waals surface area (Å²) in [6, 6.07) is 8.41. The van der Waals surface area contributed by atoms with E-state index in [9.17, 15) is 13.2 Å². The minimum atomic E-state index is -3.51. The van der Waals surface area contributed by atoms with Gasteiger partial charge < -0.3 is 5.32 Å². The first-order valence-corrected chi connectivity index (χ1v) is 9.89. The van der Waals surface area contributed by atoms with Crippen LogP contribution in [0.15, 0.2) is 30.3 Å². The van der Waals surface area contributed by atoms with Crippen LogP contribution >= 0.6 is 11.8 Å². The van der Waals surface area contributed by atoms with E-state index >= 15 is 0 Å². The smallest absolute Gasteiger partial charge is 0.239 e. The Labute approximate surface area is 136 Å². The molecule has 1 aliphatic heterocycles. The zero-order chi connectivity index (χ0) is 16.4. The molecule has 0 aromatic heterocycles. The van der Waals surface area contributed by atoms with Crippen LogP contribution in [-0.2, 0) is 20.6 Å². The van der Waals surface area contributed by atoms with Crippen molar-refractivity contribution in [2.24, 2.45) is 0 Å². The molecule has 1 fully saturated rings. The van der Waals surface area contributed by atoms with Crippen LogP contribution in [-0.4, -0.2) is 41.8 Å². The molecule has 1 atom stereocenters. The molecule has 0 saturated carbocycles. The van der Waals surface area contributed by atoms with Gasteiger partial charge in [-0.25, -0.2) is 8.42 Å². The number of thioether (sulfide) groups is 1. The zero-order valence-corrected chi connectivity index (χ0v) is 14.7. The maximum Gasteiger partial charge on any atom is 0.239 e. The Bertz CT molecular complexity index is 624. The normalized spacial score (nSPS) is 20.0. The fourth-order valence-electron chi connectivity index (χ4n) is 2.23. The third kappa shape index (κ3) is 4.47. The van der Waals surface area contributed by atoms with Crippen molar-refractivity contribution in [3.8, 4) is 0 Å². The molecule has 1 N–H and O–H groups in total. The highest BCUT2D eigenvalue weighted by Crippen LogP contribution is 2.26. The Morgan fingerprint density at radius 2 is 1.95 bits per heavy atom. The minimum absolute atomic E-state index is 0.0757. The van der Waals surface area contributed by atoms with E-state index < -0.39 is 16.1 Å². The van der Waals surface area contributed by atoms with Crippen LogP contribution in [0.25, 0.3) is 0 Å². The Hall–Kier alpha value is -1.05. The number of rotatable bonds is 4.